The summed E-state index contributed by atoms with van der Waals surface area (Å²) < 4.78 is 0.865. The minimum atomic E-state index is -1.38. The molecule has 1 unspecified atom stereocenters. The molecular weight excluding hydrogens is 1090 g/mol. The number of carboxylic acid groups (broad SMARTS) is 2. The van der Waals surface area contributed by atoms with Crippen LogP contribution in [-0.4, -0.2) is 190 Å². The Hall–Kier alpha value is -7.10. The van der Waals surface area contributed by atoms with Crippen molar-refractivity contribution < 1.29 is 53.4 Å². The Kier molecular flexibility index (Phi) is 26.5. The second kappa shape index (κ2) is 32.6. The smallest absolute Gasteiger partial charge is 0.326 e. The van der Waals surface area contributed by atoms with Gasteiger partial charge >= 0.3 is 18.0 Å². The van der Waals surface area contributed by atoms with Crippen LogP contribution in [0.1, 0.15) is 66.1 Å². The molecule has 24 nitrogen and oxygen atoms in total. The van der Waals surface area contributed by atoms with Crippen molar-refractivity contribution in [2.75, 3.05) is 83.9 Å². The SMILES string of the molecule is CC(=O)CC[C@@H](NC(=O)N[C@H](CCCCN(Cc1ccc(Br)cc1)C(=O)c1ccc(CNC(=S)Nc2ccc(CC3CN(CC(N)=O)CCN(CC(N)=O)CCN(CC(N)=O)CCN3CC(N)=O)cc2)cc1)C(=O)O)C(=O)O. The van der Waals surface area contributed by atoms with Gasteiger partial charge in [0.05, 0.1) is 26.2 Å². The number of unbranched alkanes of at least 4 members (excludes halogenated alkanes) is 1. The molecule has 78 heavy (non-hydrogen) atoms. The van der Waals surface area contributed by atoms with Gasteiger partial charge < -0.3 is 64.1 Å². The lowest BCUT2D eigenvalue weighted by molar-refractivity contribution is -0.139. The summed E-state index contributed by atoms with van der Waals surface area (Å²) in [5.74, 6) is -5.33. The van der Waals surface area contributed by atoms with Gasteiger partial charge in [0.15, 0.2) is 5.11 Å². The molecule has 0 bridgehead atoms. The number of aliphatic carboxylic acids is 2. The lowest BCUT2D eigenvalue weighted by atomic mass is 10.0. The fourth-order valence-corrected chi connectivity index (χ4v) is 9.16. The third kappa shape index (κ3) is 24.1. The number of hydrogen-bond donors (Lipinski definition) is 10. The van der Waals surface area contributed by atoms with Crippen molar-refractivity contribution in [3.05, 3.63) is 99.5 Å². The highest BCUT2D eigenvalue weighted by molar-refractivity contribution is 9.10. The van der Waals surface area contributed by atoms with Crippen LogP contribution in [0.4, 0.5) is 10.5 Å². The number of nitrogens with two attached hydrogens (primary N) is 4. The first-order valence-corrected chi connectivity index (χ1v) is 26.6. The molecule has 0 aromatic heterocycles. The molecule has 3 aromatic carbocycles. The molecule has 1 saturated heterocycles. The van der Waals surface area contributed by atoms with Crippen LogP contribution in [0.3, 0.4) is 0 Å². The average Bonchev–Trinajstić information content (AvgIpc) is 3.37. The van der Waals surface area contributed by atoms with Crippen molar-refractivity contribution in [3.63, 3.8) is 0 Å². The van der Waals surface area contributed by atoms with E-state index in [1.54, 1.807) is 29.2 Å². The van der Waals surface area contributed by atoms with Gasteiger partial charge in [-0.3, -0.25) is 43.6 Å². The van der Waals surface area contributed by atoms with Gasteiger partial charge in [0.1, 0.15) is 17.9 Å². The molecule has 26 heteroatoms. The number of halogens is 1. The first-order valence-electron chi connectivity index (χ1n) is 25.4. The maximum absolute atomic E-state index is 14.0. The lowest BCUT2D eigenvalue weighted by Crippen LogP contribution is -2.54. The van der Waals surface area contributed by atoms with Gasteiger partial charge in [-0.15, -0.1) is 0 Å². The number of urea groups is 1. The number of carbonyl (C=O) groups excluding carboxylic acids is 7. The second-order valence-electron chi connectivity index (χ2n) is 19.2. The van der Waals surface area contributed by atoms with Crippen LogP contribution in [0.15, 0.2) is 77.3 Å². The number of ketones is 1. The van der Waals surface area contributed by atoms with Crippen LogP contribution in [0, 0.1) is 0 Å². The van der Waals surface area contributed by atoms with Gasteiger partial charge in [-0.25, -0.2) is 14.4 Å². The second-order valence-corrected chi connectivity index (χ2v) is 20.5. The average molecular weight is 1170 g/mol. The van der Waals surface area contributed by atoms with E-state index in [4.69, 9.17) is 35.2 Å². The van der Waals surface area contributed by atoms with E-state index >= 15 is 0 Å². The van der Waals surface area contributed by atoms with Crippen LogP contribution >= 0.6 is 28.1 Å². The number of benzene rings is 3. The molecule has 1 heterocycles. The summed E-state index contributed by atoms with van der Waals surface area (Å²) in [6.45, 7) is 4.43. The Morgan fingerprint density at radius 1 is 0.654 bits per heavy atom. The topological polar surface area (TPSA) is 362 Å². The van der Waals surface area contributed by atoms with E-state index in [9.17, 15) is 53.4 Å². The Morgan fingerprint density at radius 2 is 1.15 bits per heavy atom. The number of nitrogens with one attached hydrogen (secondary N) is 4. The van der Waals surface area contributed by atoms with Crippen LogP contribution in [0.5, 0.6) is 0 Å². The van der Waals surface area contributed by atoms with E-state index in [0.29, 0.717) is 88.0 Å². The molecule has 3 atom stereocenters. The third-order valence-corrected chi connectivity index (χ3v) is 13.5. The third-order valence-electron chi connectivity index (χ3n) is 12.7. The number of nitrogens with zero attached hydrogens (tertiary/aromatic N) is 5. The van der Waals surface area contributed by atoms with E-state index in [0.717, 1.165) is 21.2 Å². The molecule has 7 amide bonds. The number of carbonyl (C=O) groups is 9. The number of anilines is 1. The largest absolute Gasteiger partial charge is 0.480 e. The van der Waals surface area contributed by atoms with Crippen molar-refractivity contribution >= 4 is 92.2 Å². The van der Waals surface area contributed by atoms with Gasteiger partial charge in [0.25, 0.3) is 5.91 Å². The van der Waals surface area contributed by atoms with Crippen molar-refractivity contribution in [3.8, 4) is 0 Å². The molecule has 0 saturated carbocycles. The van der Waals surface area contributed by atoms with E-state index < -0.39 is 53.7 Å². The standard InChI is InChI=1S/C52H72BrN13O11S/c1-34(67)5-18-43(50(75)76)61-51(77)60-42(49(73)74)4-2-3-19-66(28-37-8-14-39(53)15-9-37)48(72)38-12-6-36(7-13-38)27-58-52(78)59-40-16-10-35(11-17-40)26-41-29-64(32-46(56)70)23-22-62(30-44(54)68)20-21-63(31-45(55)69)24-25-65(41)33-47(57)71/h6-17,41-43H,2-5,18-33H2,1H3,(H2,54,68)(H2,55,69)(H2,56,70)(H2,57,71)(H,73,74)(H,75,76)(H2,58,59,78)(H2,60,61,77)/t41?,42-,43-/m1/s1. The predicted octanol–water partition coefficient (Wildman–Crippen LogP) is 0.397. The molecule has 0 aliphatic carbocycles. The zero-order valence-corrected chi connectivity index (χ0v) is 46.1. The summed E-state index contributed by atoms with van der Waals surface area (Å²) in [6, 6.07) is 18.0. The van der Waals surface area contributed by atoms with Crippen LogP contribution < -0.4 is 44.2 Å². The fraction of sp³-hybridized carbons (Fsp3) is 0.462. The number of carboxylic acids is 2. The van der Waals surface area contributed by atoms with E-state index in [2.05, 4.69) is 37.2 Å². The summed E-state index contributed by atoms with van der Waals surface area (Å²) in [5.41, 5.74) is 26.3. The van der Waals surface area contributed by atoms with Crippen LogP contribution in [-0.2, 0) is 53.1 Å². The Bertz CT molecular complexity index is 2540. The molecule has 0 radical (unpaired) electrons. The van der Waals surface area contributed by atoms with Crippen molar-refractivity contribution in [2.24, 2.45) is 22.9 Å². The van der Waals surface area contributed by atoms with Gasteiger partial charge in [0, 0.05) is 93.6 Å². The predicted molar refractivity (Wildman–Crippen MR) is 298 cm³/mol. The van der Waals surface area contributed by atoms with Crippen LogP contribution in [0.2, 0.25) is 0 Å². The number of primary amides is 4. The number of Topliss-reactive ketones (excluding diaryl/α,β-unsaturated/α-hetero) is 1. The van der Waals surface area contributed by atoms with Crippen molar-refractivity contribution in [1.82, 2.24) is 40.4 Å². The van der Waals surface area contributed by atoms with Crippen LogP contribution in [0.25, 0.3) is 0 Å². The zero-order valence-electron chi connectivity index (χ0n) is 43.7. The summed E-state index contributed by atoms with van der Waals surface area (Å²) in [5, 5.41) is 30.5. The van der Waals surface area contributed by atoms with E-state index in [-0.39, 0.29) is 76.3 Å². The highest BCUT2D eigenvalue weighted by Gasteiger charge is 2.28. The summed E-state index contributed by atoms with van der Waals surface area (Å²) in [7, 11) is 0. The first kappa shape index (κ1) is 63.4. The quantitative estimate of drug-likeness (QED) is 0.0347. The minimum Gasteiger partial charge on any atom is -0.480 e. The molecule has 3 aromatic rings. The molecule has 1 aliphatic heterocycles. The Balaban J connectivity index is 1.38. The highest BCUT2D eigenvalue weighted by Crippen LogP contribution is 2.19. The number of hydrogen-bond acceptors (Lipinski definition) is 14. The van der Waals surface area contributed by atoms with Crippen molar-refractivity contribution in [2.45, 2.75) is 76.7 Å². The molecule has 1 fully saturated rings. The van der Waals surface area contributed by atoms with Crippen molar-refractivity contribution in [1.29, 1.82) is 0 Å². The monoisotopic (exact) mass is 1170 g/mol. The summed E-state index contributed by atoms with van der Waals surface area (Å²) in [6.07, 6.45) is 0.898. The zero-order chi connectivity index (χ0) is 57.3. The Morgan fingerprint density at radius 3 is 1.69 bits per heavy atom. The summed E-state index contributed by atoms with van der Waals surface area (Å²) >= 11 is 9.06. The van der Waals surface area contributed by atoms with Gasteiger partial charge in [-0.05, 0) is 104 Å². The Labute approximate surface area is 467 Å². The molecule has 14 N–H and O–H groups in total. The van der Waals surface area contributed by atoms with Gasteiger partial charge in [-0.1, -0.05) is 52.3 Å². The molecule has 1 aliphatic rings. The lowest BCUT2D eigenvalue weighted by Gasteiger charge is -2.38. The minimum absolute atomic E-state index is 0.00119. The van der Waals surface area contributed by atoms with E-state index in [1.807, 2.05) is 68.1 Å². The highest BCUT2D eigenvalue weighted by atomic mass is 79.9. The number of rotatable bonds is 28. The summed E-state index contributed by atoms with van der Waals surface area (Å²) in [4.78, 5) is 119. The number of thiocarbonyl (C=S) groups is 1. The normalized spacial score (nSPS) is 15.7. The maximum Gasteiger partial charge on any atom is 0.326 e. The number of amides is 7. The van der Waals surface area contributed by atoms with Gasteiger partial charge in [0.2, 0.25) is 23.6 Å². The first-order chi connectivity index (χ1) is 37.0. The molecule has 424 valence electrons. The molecule has 4 rings (SSSR count). The van der Waals surface area contributed by atoms with E-state index in [1.165, 1.54) is 6.92 Å². The fourth-order valence-electron chi connectivity index (χ4n) is 8.71. The molecule has 0 spiro atoms. The van der Waals surface area contributed by atoms with Gasteiger partial charge in [-0.2, -0.15) is 0 Å². The maximum atomic E-state index is 14.0. The molecular formula is C52H72BrN13O11S.